The van der Waals surface area contributed by atoms with Gasteiger partial charge in [-0.25, -0.2) is 0 Å². The van der Waals surface area contributed by atoms with Crippen LogP contribution in [0.4, 0.5) is 0 Å². The first-order valence-corrected chi connectivity index (χ1v) is 5.32. The smallest absolute Gasteiger partial charge is 0.0532 e. The van der Waals surface area contributed by atoms with Gasteiger partial charge in [-0.3, -0.25) is 0 Å². The van der Waals surface area contributed by atoms with Crippen molar-refractivity contribution >= 4 is 5.52 Å². The zero-order valence-corrected chi connectivity index (χ0v) is 9.83. The lowest BCUT2D eigenvalue weighted by molar-refractivity contribution is 0.428. The van der Waals surface area contributed by atoms with Gasteiger partial charge in [-0.2, -0.15) is 0 Å². The number of hydrogen-bond donors (Lipinski definition) is 1. The van der Waals surface area contributed by atoms with Crippen LogP contribution in [-0.2, 0) is 5.54 Å². The Kier molecular flexibility index (Phi) is 2.31. The largest absolute Gasteiger partial charge is 0.319 e. The van der Waals surface area contributed by atoms with Crippen molar-refractivity contribution in [2.24, 2.45) is 0 Å². The molecule has 0 saturated carbocycles. The minimum atomic E-state index is 0.000208. The normalized spacial score (nSPS) is 12.3. The van der Waals surface area contributed by atoms with Gasteiger partial charge < -0.3 is 9.72 Å². The van der Waals surface area contributed by atoms with Crippen LogP contribution in [-0.4, -0.2) is 11.4 Å². The molecule has 2 heteroatoms. The number of aromatic nitrogens is 1. The van der Waals surface area contributed by atoms with Crippen LogP contribution in [0, 0.1) is 6.92 Å². The quantitative estimate of drug-likeness (QED) is 0.792. The maximum atomic E-state index is 3.33. The third-order valence-corrected chi connectivity index (χ3v) is 3.17. The van der Waals surface area contributed by atoms with Gasteiger partial charge in [-0.15, -0.1) is 0 Å². The highest BCUT2D eigenvalue weighted by atomic mass is 15.0. The molecule has 0 amide bonds. The van der Waals surface area contributed by atoms with E-state index >= 15 is 0 Å². The molecule has 2 rings (SSSR count). The molecular weight excluding hydrogens is 184 g/mol. The molecule has 15 heavy (non-hydrogen) atoms. The molecule has 0 aliphatic heterocycles. The van der Waals surface area contributed by atoms with Gasteiger partial charge in [0, 0.05) is 17.4 Å². The molecule has 2 heterocycles. The molecule has 0 fully saturated rings. The Balaban J connectivity index is 2.69. The fourth-order valence-electron chi connectivity index (χ4n) is 1.93. The molecule has 80 valence electrons. The Labute approximate surface area is 90.9 Å². The number of aryl methyl sites for hydroxylation is 1. The molecular formula is C13H18N2. The second-order valence-electron chi connectivity index (χ2n) is 4.54. The van der Waals surface area contributed by atoms with Crippen LogP contribution in [0.5, 0.6) is 0 Å². The van der Waals surface area contributed by atoms with Crippen molar-refractivity contribution in [3.05, 3.63) is 41.7 Å². The number of hydrogen-bond acceptors (Lipinski definition) is 1. The van der Waals surface area contributed by atoms with Gasteiger partial charge in [-0.05, 0) is 51.6 Å². The van der Waals surface area contributed by atoms with E-state index in [0.717, 1.165) is 0 Å². The number of fused-ring (bicyclic) bond motifs is 1. The van der Waals surface area contributed by atoms with E-state index in [-0.39, 0.29) is 5.54 Å². The van der Waals surface area contributed by atoms with E-state index in [4.69, 9.17) is 0 Å². The number of nitrogens with zero attached hydrogens (tertiary/aromatic N) is 1. The van der Waals surface area contributed by atoms with Crippen LogP contribution in [0.1, 0.15) is 25.1 Å². The Morgan fingerprint density at radius 1 is 1.20 bits per heavy atom. The minimum Gasteiger partial charge on any atom is -0.319 e. The highest BCUT2D eigenvalue weighted by Crippen LogP contribution is 2.23. The molecule has 0 aromatic carbocycles. The summed E-state index contributed by atoms with van der Waals surface area (Å²) in [6.07, 6.45) is 2.12. The topological polar surface area (TPSA) is 16.4 Å². The highest BCUT2D eigenvalue weighted by molar-refractivity contribution is 5.56. The van der Waals surface area contributed by atoms with Gasteiger partial charge in [0.2, 0.25) is 0 Å². The Morgan fingerprint density at radius 3 is 2.60 bits per heavy atom. The summed E-state index contributed by atoms with van der Waals surface area (Å²) in [5, 5.41) is 3.33. The fourth-order valence-corrected chi connectivity index (χ4v) is 1.93. The van der Waals surface area contributed by atoms with E-state index in [1.807, 2.05) is 7.05 Å². The number of rotatable bonds is 2. The van der Waals surface area contributed by atoms with E-state index in [1.165, 1.54) is 16.8 Å². The van der Waals surface area contributed by atoms with E-state index in [1.54, 1.807) is 0 Å². The van der Waals surface area contributed by atoms with Gasteiger partial charge in [0.25, 0.3) is 0 Å². The van der Waals surface area contributed by atoms with Crippen LogP contribution in [0.3, 0.4) is 0 Å². The maximum Gasteiger partial charge on any atom is 0.0532 e. The van der Waals surface area contributed by atoms with E-state index < -0.39 is 0 Å². The lowest BCUT2D eigenvalue weighted by Crippen LogP contribution is -2.34. The van der Waals surface area contributed by atoms with E-state index in [9.17, 15) is 0 Å². The molecule has 1 N–H and O–H groups in total. The summed E-state index contributed by atoms with van der Waals surface area (Å²) >= 11 is 0. The molecule has 2 nitrogen and oxygen atoms in total. The second-order valence-corrected chi connectivity index (χ2v) is 4.54. The predicted octanol–water partition coefficient (Wildman–Crippen LogP) is 2.70. The minimum absolute atomic E-state index is 0.000208. The molecule has 2 aromatic heterocycles. The third kappa shape index (κ3) is 1.55. The van der Waals surface area contributed by atoms with E-state index in [0.29, 0.717) is 0 Å². The average molecular weight is 202 g/mol. The Morgan fingerprint density at radius 2 is 1.93 bits per heavy atom. The van der Waals surface area contributed by atoms with Crippen molar-refractivity contribution in [2.75, 3.05) is 7.05 Å². The van der Waals surface area contributed by atoms with Crippen LogP contribution < -0.4 is 5.32 Å². The van der Waals surface area contributed by atoms with Gasteiger partial charge >= 0.3 is 0 Å². The molecule has 0 unspecified atom stereocenters. The van der Waals surface area contributed by atoms with Crippen molar-refractivity contribution in [2.45, 2.75) is 26.3 Å². The van der Waals surface area contributed by atoms with Gasteiger partial charge in [0.1, 0.15) is 0 Å². The Hall–Kier alpha value is -1.28. The molecule has 0 atom stereocenters. The summed E-state index contributed by atoms with van der Waals surface area (Å²) in [5.41, 5.74) is 3.90. The van der Waals surface area contributed by atoms with Crippen molar-refractivity contribution in [1.82, 2.24) is 9.72 Å². The highest BCUT2D eigenvalue weighted by Gasteiger charge is 2.21. The SMILES string of the molecule is CNC(C)(C)c1ccc2c(C)cccn12. The standard InChI is InChI=1S/C13H18N2/c1-10-6-5-9-15-11(10)7-8-12(15)13(2,3)14-4/h5-9,14H,1-4H3. The summed E-state index contributed by atoms with van der Waals surface area (Å²) in [6, 6.07) is 8.62. The predicted molar refractivity (Wildman–Crippen MR) is 64.2 cm³/mol. The molecule has 0 saturated heterocycles. The lowest BCUT2D eigenvalue weighted by Gasteiger charge is -2.24. The first-order chi connectivity index (χ1) is 7.06. The van der Waals surface area contributed by atoms with Gasteiger partial charge in [-0.1, -0.05) is 6.07 Å². The first kappa shape index (κ1) is 10.2. The molecule has 2 aromatic rings. The van der Waals surface area contributed by atoms with Crippen LogP contribution in [0.15, 0.2) is 30.5 Å². The van der Waals surface area contributed by atoms with Crippen molar-refractivity contribution in [3.8, 4) is 0 Å². The molecule has 0 aliphatic carbocycles. The third-order valence-electron chi connectivity index (χ3n) is 3.17. The number of nitrogens with one attached hydrogen (secondary N) is 1. The summed E-state index contributed by atoms with van der Waals surface area (Å²) in [6.45, 7) is 6.53. The zero-order chi connectivity index (χ0) is 11.1. The first-order valence-electron chi connectivity index (χ1n) is 5.32. The molecule has 0 radical (unpaired) electrons. The van der Waals surface area contributed by atoms with Crippen LogP contribution in [0.2, 0.25) is 0 Å². The Bertz CT molecular complexity index is 480. The second kappa shape index (κ2) is 3.38. The fraction of sp³-hybridized carbons (Fsp3) is 0.385. The van der Waals surface area contributed by atoms with Crippen molar-refractivity contribution in [3.63, 3.8) is 0 Å². The van der Waals surface area contributed by atoms with Crippen LogP contribution in [0.25, 0.3) is 5.52 Å². The van der Waals surface area contributed by atoms with Crippen molar-refractivity contribution in [1.29, 1.82) is 0 Å². The van der Waals surface area contributed by atoms with E-state index in [2.05, 4.69) is 61.0 Å². The molecule has 0 aliphatic rings. The summed E-state index contributed by atoms with van der Waals surface area (Å²) in [4.78, 5) is 0. The lowest BCUT2D eigenvalue weighted by atomic mass is 10.0. The molecule has 0 spiro atoms. The van der Waals surface area contributed by atoms with Crippen LogP contribution >= 0.6 is 0 Å². The monoisotopic (exact) mass is 202 g/mol. The average Bonchev–Trinajstić information content (AvgIpc) is 2.63. The zero-order valence-electron chi connectivity index (χ0n) is 9.83. The summed E-state index contributed by atoms with van der Waals surface area (Å²) < 4.78 is 2.26. The maximum absolute atomic E-state index is 3.33. The van der Waals surface area contributed by atoms with Crippen molar-refractivity contribution < 1.29 is 0 Å². The molecule has 0 bridgehead atoms. The van der Waals surface area contributed by atoms with Gasteiger partial charge in [0.05, 0.1) is 5.54 Å². The number of pyridine rings is 1. The summed E-state index contributed by atoms with van der Waals surface area (Å²) in [5.74, 6) is 0. The van der Waals surface area contributed by atoms with Gasteiger partial charge in [0.15, 0.2) is 0 Å². The summed E-state index contributed by atoms with van der Waals surface area (Å²) in [7, 11) is 2.00.